The van der Waals surface area contributed by atoms with E-state index >= 15 is 0 Å². The molecule has 2 aromatic carbocycles. The zero-order valence-corrected chi connectivity index (χ0v) is 12.4. The van der Waals surface area contributed by atoms with E-state index in [4.69, 9.17) is 9.66 Å². The molecule has 120 valence electrons. The minimum atomic E-state index is -2.49. The van der Waals surface area contributed by atoms with Crippen LogP contribution in [0.2, 0.25) is 0 Å². The molecule has 0 aliphatic carbocycles. The van der Waals surface area contributed by atoms with Crippen LogP contribution >= 0.6 is 0 Å². The molecule has 0 amide bonds. The van der Waals surface area contributed by atoms with E-state index in [-0.39, 0.29) is 23.2 Å². The van der Waals surface area contributed by atoms with E-state index in [1.54, 1.807) is 30.3 Å². The van der Waals surface area contributed by atoms with E-state index in [2.05, 4.69) is 4.72 Å². The number of nitrogens with one attached hydrogen (secondary N) is 1. The lowest BCUT2D eigenvalue weighted by Gasteiger charge is -2.11. The Morgan fingerprint density at radius 1 is 1.26 bits per heavy atom. The lowest BCUT2D eigenvalue weighted by atomic mass is 9.99. The molecule has 23 heavy (non-hydrogen) atoms. The van der Waals surface area contributed by atoms with Crippen LogP contribution in [0.5, 0.6) is 0 Å². The molecule has 9 heteroatoms. The van der Waals surface area contributed by atoms with E-state index < -0.39 is 27.8 Å². The third-order valence-electron chi connectivity index (χ3n) is 3.09. The Morgan fingerprint density at radius 2 is 1.91 bits per heavy atom. The van der Waals surface area contributed by atoms with Gasteiger partial charge in [-0.25, -0.2) is 9.00 Å². The van der Waals surface area contributed by atoms with Crippen LogP contribution in [-0.4, -0.2) is 24.8 Å². The fourth-order valence-corrected chi connectivity index (χ4v) is 2.48. The first-order valence-electron chi connectivity index (χ1n) is 6.34. The van der Waals surface area contributed by atoms with Crippen molar-refractivity contribution in [1.29, 1.82) is 0 Å². The third-order valence-corrected chi connectivity index (χ3v) is 3.49. The predicted molar refractivity (Wildman–Crippen MR) is 83.7 cm³/mol. The fraction of sp³-hybridized carbons (Fsp3) is 0.0714. The Balaban J connectivity index is 2.62. The molecule has 0 radical (unpaired) electrons. The molecule has 1 unspecified atom stereocenters. The summed E-state index contributed by atoms with van der Waals surface area (Å²) in [6.07, 6.45) is 0.108. The van der Waals surface area contributed by atoms with Crippen LogP contribution < -0.4 is 4.72 Å². The summed E-state index contributed by atoms with van der Waals surface area (Å²) in [6.45, 7) is 0. The van der Waals surface area contributed by atoms with Gasteiger partial charge in [-0.15, -0.1) is 0 Å². The molecule has 0 spiro atoms. The summed E-state index contributed by atoms with van der Waals surface area (Å²) in [7, 11) is 0. The normalized spacial score (nSPS) is 11.7. The molecule has 2 aromatic rings. The SMILES string of the molecule is O=C(O)c1cc(NS(=O)O)c(Cc2ccccc2)c([N+](=O)[O-])c1. The zero-order chi connectivity index (χ0) is 17.0. The predicted octanol–water partition coefficient (Wildman–Crippen LogP) is 2.43. The number of carboxylic acids is 1. The van der Waals surface area contributed by atoms with E-state index in [1.165, 1.54) is 0 Å². The minimum absolute atomic E-state index is 0.0683. The zero-order valence-electron chi connectivity index (χ0n) is 11.6. The molecule has 3 N–H and O–H groups in total. The van der Waals surface area contributed by atoms with Gasteiger partial charge in [0.05, 0.1) is 21.7 Å². The van der Waals surface area contributed by atoms with Gasteiger partial charge in [-0.05, 0) is 11.6 Å². The Labute approximate surface area is 133 Å². The van der Waals surface area contributed by atoms with Crippen LogP contribution in [0.3, 0.4) is 0 Å². The minimum Gasteiger partial charge on any atom is -0.478 e. The number of aromatic carboxylic acids is 1. The second kappa shape index (κ2) is 6.99. The topological polar surface area (TPSA) is 130 Å². The van der Waals surface area contributed by atoms with Gasteiger partial charge in [-0.2, -0.15) is 0 Å². The van der Waals surface area contributed by atoms with E-state index in [0.29, 0.717) is 0 Å². The first kappa shape index (κ1) is 16.6. The summed E-state index contributed by atoms with van der Waals surface area (Å²) < 4.78 is 22.2. The van der Waals surface area contributed by atoms with Gasteiger partial charge in [0.25, 0.3) is 17.0 Å². The number of carbonyl (C=O) groups is 1. The van der Waals surface area contributed by atoms with Gasteiger partial charge < -0.3 is 5.11 Å². The highest BCUT2D eigenvalue weighted by atomic mass is 32.2. The van der Waals surface area contributed by atoms with Crippen molar-refractivity contribution in [3.05, 3.63) is 69.3 Å². The number of hydrogen-bond donors (Lipinski definition) is 3. The standard InChI is InChI=1S/C14H12N2O6S/c17-14(18)10-7-12(15-23(21)22)11(13(8-10)16(19)20)6-9-4-2-1-3-5-9/h1-5,7-8,15H,6H2,(H,17,18)(H,21,22). The number of nitrogens with zero attached hydrogens (tertiary/aromatic N) is 1. The van der Waals surface area contributed by atoms with Gasteiger partial charge in [0.15, 0.2) is 0 Å². The second-order valence-electron chi connectivity index (χ2n) is 4.60. The van der Waals surface area contributed by atoms with Crippen molar-refractivity contribution in [3.63, 3.8) is 0 Å². The lowest BCUT2D eigenvalue weighted by molar-refractivity contribution is -0.385. The fourth-order valence-electron chi connectivity index (χ4n) is 2.11. The Morgan fingerprint density at radius 3 is 2.43 bits per heavy atom. The smallest absolute Gasteiger partial charge is 0.336 e. The average molecular weight is 336 g/mol. The largest absolute Gasteiger partial charge is 0.478 e. The van der Waals surface area contributed by atoms with Crippen molar-refractivity contribution >= 4 is 28.6 Å². The summed E-state index contributed by atoms with van der Waals surface area (Å²) >= 11 is -2.49. The molecule has 0 aromatic heterocycles. The first-order valence-corrected chi connectivity index (χ1v) is 7.45. The van der Waals surface area contributed by atoms with Crippen molar-refractivity contribution in [1.82, 2.24) is 0 Å². The number of rotatable bonds is 6. The number of nitro benzene ring substituents is 1. The van der Waals surface area contributed by atoms with Crippen LogP contribution in [0.15, 0.2) is 42.5 Å². The van der Waals surface area contributed by atoms with Gasteiger partial charge in [0, 0.05) is 12.5 Å². The molecular formula is C14H12N2O6S. The molecule has 8 nitrogen and oxygen atoms in total. The maximum absolute atomic E-state index is 11.3. The molecule has 0 bridgehead atoms. The van der Waals surface area contributed by atoms with Gasteiger partial charge >= 0.3 is 5.97 Å². The highest BCUT2D eigenvalue weighted by molar-refractivity contribution is 7.80. The summed E-state index contributed by atoms with van der Waals surface area (Å²) in [5.41, 5.74) is 0.0310. The third kappa shape index (κ3) is 4.11. The number of anilines is 1. The summed E-state index contributed by atoms with van der Waals surface area (Å²) in [5, 5.41) is 20.3. The van der Waals surface area contributed by atoms with Crippen LogP contribution in [0.25, 0.3) is 0 Å². The first-order chi connectivity index (χ1) is 10.9. The van der Waals surface area contributed by atoms with Crippen molar-refractivity contribution in [2.75, 3.05) is 4.72 Å². The van der Waals surface area contributed by atoms with E-state index in [0.717, 1.165) is 17.7 Å². The summed E-state index contributed by atoms with van der Waals surface area (Å²) in [6, 6.07) is 10.8. The van der Waals surface area contributed by atoms with Crippen LogP contribution in [0.1, 0.15) is 21.5 Å². The number of hydrogen-bond acceptors (Lipinski definition) is 4. The second-order valence-corrected chi connectivity index (χ2v) is 5.30. The van der Waals surface area contributed by atoms with E-state index in [9.17, 15) is 19.1 Å². The Bertz CT molecular complexity index is 778. The Hall–Kier alpha value is -2.78. The molecular weight excluding hydrogens is 324 g/mol. The Kier molecular flexibility index (Phi) is 5.04. The van der Waals surface area contributed by atoms with Crippen molar-refractivity contribution in [2.45, 2.75) is 6.42 Å². The van der Waals surface area contributed by atoms with Crippen LogP contribution in [0.4, 0.5) is 11.4 Å². The molecule has 1 atom stereocenters. The van der Waals surface area contributed by atoms with E-state index in [1.807, 2.05) is 0 Å². The lowest BCUT2D eigenvalue weighted by Crippen LogP contribution is -2.10. The van der Waals surface area contributed by atoms with Crippen LogP contribution in [0, 0.1) is 10.1 Å². The highest BCUT2D eigenvalue weighted by Crippen LogP contribution is 2.31. The van der Waals surface area contributed by atoms with Crippen molar-refractivity contribution < 1.29 is 23.6 Å². The molecule has 0 saturated carbocycles. The summed E-state index contributed by atoms with van der Waals surface area (Å²) in [5.74, 6) is -1.37. The van der Waals surface area contributed by atoms with Crippen LogP contribution in [-0.2, 0) is 17.7 Å². The number of benzene rings is 2. The number of nitro groups is 1. The molecule has 0 aliphatic heterocycles. The maximum atomic E-state index is 11.3. The van der Waals surface area contributed by atoms with Gasteiger partial charge in [-0.1, -0.05) is 30.3 Å². The monoisotopic (exact) mass is 336 g/mol. The van der Waals surface area contributed by atoms with Crippen molar-refractivity contribution in [3.8, 4) is 0 Å². The van der Waals surface area contributed by atoms with Crippen molar-refractivity contribution in [2.24, 2.45) is 0 Å². The van der Waals surface area contributed by atoms with Gasteiger partial charge in [-0.3, -0.25) is 19.4 Å². The molecule has 0 fully saturated rings. The maximum Gasteiger partial charge on any atom is 0.336 e. The summed E-state index contributed by atoms with van der Waals surface area (Å²) in [4.78, 5) is 21.7. The van der Waals surface area contributed by atoms with Gasteiger partial charge in [0.2, 0.25) is 0 Å². The molecule has 0 heterocycles. The average Bonchev–Trinajstić information content (AvgIpc) is 2.48. The molecule has 2 rings (SSSR count). The molecule has 0 aliphatic rings. The highest BCUT2D eigenvalue weighted by Gasteiger charge is 2.23. The quantitative estimate of drug-likeness (QED) is 0.422. The van der Waals surface area contributed by atoms with Gasteiger partial charge in [0.1, 0.15) is 0 Å². The number of carboxylic acid groups (broad SMARTS) is 1. The molecule has 0 saturated heterocycles.